The third-order valence-electron chi connectivity index (χ3n) is 4.56. The summed E-state index contributed by atoms with van der Waals surface area (Å²) < 4.78 is 34.6. The van der Waals surface area contributed by atoms with Gasteiger partial charge in [0.05, 0.1) is 12.5 Å². The van der Waals surface area contributed by atoms with Gasteiger partial charge >= 0.3 is 6.61 Å². The zero-order valence-corrected chi connectivity index (χ0v) is 15.9. The second kappa shape index (κ2) is 9.92. The third-order valence-corrected chi connectivity index (χ3v) is 4.56. The number of hydrogen-bond donors (Lipinski definition) is 2. The van der Waals surface area contributed by atoms with Crippen LogP contribution in [0.4, 0.5) is 8.78 Å². The Morgan fingerprint density at radius 2 is 2.12 bits per heavy atom. The molecular formula is C18H27ClF2N2O3. The first kappa shape index (κ1) is 22.4. The van der Waals surface area contributed by atoms with Gasteiger partial charge in [-0.2, -0.15) is 8.78 Å². The Kier molecular flexibility index (Phi) is 8.56. The standard InChI is InChI=1S/C18H26F2N2O3.ClH/c1-3-24-15-10-12(7-8-14(15)25-17(19)20)11-22-16(23)13-6-4-5-9-18(13,2)21;/h7-8,10,13,17H,3-6,9,11,21H2,1-2H3,(H,22,23);1H. The highest BCUT2D eigenvalue weighted by Gasteiger charge is 2.37. The average Bonchev–Trinajstić information content (AvgIpc) is 2.54. The first-order chi connectivity index (χ1) is 11.8. The predicted octanol–water partition coefficient (Wildman–Crippen LogP) is 3.63. The van der Waals surface area contributed by atoms with Crippen LogP contribution in [0.3, 0.4) is 0 Å². The molecule has 2 atom stereocenters. The minimum Gasteiger partial charge on any atom is -0.490 e. The summed E-state index contributed by atoms with van der Waals surface area (Å²) in [6.07, 6.45) is 3.66. The van der Waals surface area contributed by atoms with E-state index >= 15 is 0 Å². The van der Waals surface area contributed by atoms with E-state index in [1.165, 1.54) is 6.07 Å². The molecular weight excluding hydrogens is 366 g/mol. The van der Waals surface area contributed by atoms with Gasteiger partial charge < -0.3 is 20.5 Å². The summed E-state index contributed by atoms with van der Waals surface area (Å²) in [5, 5.41) is 2.89. The molecule has 26 heavy (non-hydrogen) atoms. The minimum atomic E-state index is -2.92. The molecule has 0 heterocycles. The van der Waals surface area contributed by atoms with Gasteiger partial charge in [0.15, 0.2) is 11.5 Å². The van der Waals surface area contributed by atoms with Crippen LogP contribution >= 0.6 is 12.4 Å². The van der Waals surface area contributed by atoms with Crippen molar-refractivity contribution < 1.29 is 23.0 Å². The van der Waals surface area contributed by atoms with Gasteiger partial charge in [-0.3, -0.25) is 4.79 Å². The van der Waals surface area contributed by atoms with E-state index in [4.69, 9.17) is 10.5 Å². The SMILES string of the molecule is CCOc1cc(CNC(=O)C2CCCCC2(C)N)ccc1OC(F)F.Cl. The molecule has 148 valence electrons. The molecule has 1 saturated carbocycles. The van der Waals surface area contributed by atoms with Crippen LogP contribution in [-0.2, 0) is 11.3 Å². The van der Waals surface area contributed by atoms with Gasteiger partial charge in [0.2, 0.25) is 5.91 Å². The maximum atomic E-state index is 12.5. The maximum absolute atomic E-state index is 12.5. The topological polar surface area (TPSA) is 73.6 Å². The molecule has 0 radical (unpaired) electrons. The molecule has 1 aliphatic carbocycles. The van der Waals surface area contributed by atoms with Crippen molar-refractivity contribution in [3.05, 3.63) is 23.8 Å². The zero-order chi connectivity index (χ0) is 18.4. The number of benzene rings is 1. The number of nitrogens with two attached hydrogens (primary N) is 1. The third kappa shape index (κ3) is 5.99. The number of carbonyl (C=O) groups is 1. The van der Waals surface area contributed by atoms with Gasteiger partial charge in [-0.05, 0) is 44.4 Å². The molecule has 3 N–H and O–H groups in total. The molecule has 0 aromatic heterocycles. The molecule has 1 amide bonds. The number of ether oxygens (including phenoxy) is 2. The summed E-state index contributed by atoms with van der Waals surface area (Å²) in [6, 6.07) is 4.65. The van der Waals surface area contributed by atoms with Crippen LogP contribution < -0.4 is 20.5 Å². The molecule has 5 nitrogen and oxygen atoms in total. The first-order valence-electron chi connectivity index (χ1n) is 8.60. The molecule has 1 aromatic rings. The van der Waals surface area contributed by atoms with Gasteiger partial charge in [0, 0.05) is 12.1 Å². The molecule has 8 heteroatoms. The Morgan fingerprint density at radius 1 is 1.38 bits per heavy atom. The monoisotopic (exact) mass is 392 g/mol. The average molecular weight is 393 g/mol. The number of hydrogen-bond acceptors (Lipinski definition) is 4. The van der Waals surface area contributed by atoms with Crippen LogP contribution in [0.15, 0.2) is 18.2 Å². The quantitative estimate of drug-likeness (QED) is 0.743. The number of nitrogens with one attached hydrogen (secondary N) is 1. The smallest absolute Gasteiger partial charge is 0.387 e. The zero-order valence-electron chi connectivity index (χ0n) is 15.1. The molecule has 0 spiro atoms. The summed E-state index contributed by atoms with van der Waals surface area (Å²) >= 11 is 0. The highest BCUT2D eigenvalue weighted by Crippen LogP contribution is 2.32. The van der Waals surface area contributed by atoms with Crippen LogP contribution in [0.5, 0.6) is 11.5 Å². The lowest BCUT2D eigenvalue weighted by Crippen LogP contribution is -2.52. The van der Waals surface area contributed by atoms with Gasteiger partial charge in [0.25, 0.3) is 0 Å². The predicted molar refractivity (Wildman–Crippen MR) is 97.9 cm³/mol. The van der Waals surface area contributed by atoms with Crippen molar-refractivity contribution in [1.29, 1.82) is 0 Å². The summed E-state index contributed by atoms with van der Waals surface area (Å²) in [7, 11) is 0. The second-order valence-electron chi connectivity index (χ2n) is 6.61. The lowest BCUT2D eigenvalue weighted by Gasteiger charge is -2.37. The Morgan fingerprint density at radius 3 is 2.73 bits per heavy atom. The second-order valence-corrected chi connectivity index (χ2v) is 6.61. The van der Waals surface area contributed by atoms with Crippen molar-refractivity contribution in [2.75, 3.05) is 6.61 Å². The molecule has 0 bridgehead atoms. The lowest BCUT2D eigenvalue weighted by molar-refractivity contribution is -0.128. The van der Waals surface area contributed by atoms with Gasteiger partial charge in [-0.15, -0.1) is 12.4 Å². The van der Waals surface area contributed by atoms with Gasteiger partial charge in [-0.25, -0.2) is 0 Å². The van der Waals surface area contributed by atoms with Crippen molar-refractivity contribution in [3.63, 3.8) is 0 Å². The van der Waals surface area contributed by atoms with Crippen LogP contribution in [0.25, 0.3) is 0 Å². The largest absolute Gasteiger partial charge is 0.490 e. The van der Waals surface area contributed by atoms with Crippen molar-refractivity contribution >= 4 is 18.3 Å². The normalized spacial score (nSPS) is 22.5. The van der Waals surface area contributed by atoms with Crippen molar-refractivity contribution in [2.45, 2.75) is 58.2 Å². The number of amides is 1. The molecule has 0 saturated heterocycles. The summed E-state index contributed by atoms with van der Waals surface area (Å²) in [4.78, 5) is 12.5. The van der Waals surface area contributed by atoms with Crippen molar-refractivity contribution in [1.82, 2.24) is 5.32 Å². The number of alkyl halides is 2. The molecule has 1 aliphatic rings. The van der Waals surface area contributed by atoms with Gasteiger partial charge in [0.1, 0.15) is 0 Å². The Balaban J connectivity index is 0.00000338. The highest BCUT2D eigenvalue weighted by molar-refractivity contribution is 5.85. The van der Waals surface area contributed by atoms with Crippen LogP contribution in [-0.4, -0.2) is 24.7 Å². The summed E-state index contributed by atoms with van der Waals surface area (Å²) in [5.74, 6) is -0.0748. The van der Waals surface area contributed by atoms with E-state index < -0.39 is 12.2 Å². The maximum Gasteiger partial charge on any atom is 0.387 e. The number of rotatable bonds is 7. The molecule has 1 fully saturated rings. The minimum absolute atomic E-state index is 0. The molecule has 2 rings (SSSR count). The van der Waals surface area contributed by atoms with Crippen LogP contribution in [0.1, 0.15) is 45.1 Å². The summed E-state index contributed by atoms with van der Waals surface area (Å²) in [5.41, 5.74) is 6.50. The molecule has 0 aliphatic heterocycles. The molecule has 2 unspecified atom stereocenters. The van der Waals surface area contributed by atoms with E-state index in [2.05, 4.69) is 10.1 Å². The Hall–Kier alpha value is -1.60. The number of carbonyl (C=O) groups excluding carboxylic acids is 1. The van der Waals surface area contributed by atoms with Crippen molar-refractivity contribution in [2.24, 2.45) is 11.7 Å². The van der Waals surface area contributed by atoms with Crippen LogP contribution in [0, 0.1) is 5.92 Å². The Bertz CT molecular complexity index is 600. The first-order valence-corrected chi connectivity index (χ1v) is 8.60. The fourth-order valence-electron chi connectivity index (χ4n) is 3.23. The van der Waals surface area contributed by atoms with Gasteiger partial charge in [-0.1, -0.05) is 18.9 Å². The van der Waals surface area contributed by atoms with E-state index in [-0.39, 0.29) is 42.3 Å². The van der Waals surface area contributed by atoms with E-state index in [0.717, 1.165) is 31.2 Å². The fourth-order valence-corrected chi connectivity index (χ4v) is 3.23. The highest BCUT2D eigenvalue weighted by atomic mass is 35.5. The molecule has 1 aromatic carbocycles. The lowest BCUT2D eigenvalue weighted by atomic mass is 9.74. The van der Waals surface area contributed by atoms with E-state index in [1.807, 2.05) is 6.92 Å². The van der Waals surface area contributed by atoms with Crippen LogP contribution in [0.2, 0.25) is 0 Å². The van der Waals surface area contributed by atoms with E-state index in [9.17, 15) is 13.6 Å². The van der Waals surface area contributed by atoms with Crippen molar-refractivity contribution in [3.8, 4) is 11.5 Å². The van der Waals surface area contributed by atoms with E-state index in [0.29, 0.717) is 6.61 Å². The Labute approximate surface area is 159 Å². The fraction of sp³-hybridized carbons (Fsp3) is 0.611. The number of halogens is 3. The summed E-state index contributed by atoms with van der Waals surface area (Å²) in [6.45, 7) is 1.35. The van der Waals surface area contributed by atoms with E-state index in [1.54, 1.807) is 19.1 Å².